The van der Waals surface area contributed by atoms with E-state index >= 15 is 0 Å². The number of Topliss-reactive ketones (excluding diaryl/α,β-unsaturated/α-hetero) is 1. The van der Waals surface area contributed by atoms with E-state index in [4.69, 9.17) is 5.11 Å². The van der Waals surface area contributed by atoms with Crippen LogP contribution in [-0.2, 0) is 4.79 Å². The highest BCUT2D eigenvalue weighted by Gasteiger charge is 2.25. The molecule has 62 valence electrons. The largest absolute Gasteiger partial charge is 0.465 e. The molecule has 0 bridgehead atoms. The Morgan fingerprint density at radius 2 is 2.36 bits per heavy atom. The lowest BCUT2D eigenvalue weighted by atomic mass is 9.99. The van der Waals surface area contributed by atoms with Crippen LogP contribution in [0.3, 0.4) is 0 Å². The first kappa shape index (κ1) is 8.04. The third-order valence-corrected chi connectivity index (χ3v) is 1.94. The van der Waals surface area contributed by atoms with Gasteiger partial charge in [0.25, 0.3) is 0 Å². The summed E-state index contributed by atoms with van der Waals surface area (Å²) in [6, 6.07) is 0. The smallest absolute Gasteiger partial charge is 0.407 e. The molecule has 1 rings (SSSR count). The predicted molar refractivity (Wildman–Crippen MR) is 38.4 cm³/mol. The van der Waals surface area contributed by atoms with Gasteiger partial charge in [-0.15, -0.1) is 0 Å². The summed E-state index contributed by atoms with van der Waals surface area (Å²) in [6.45, 7) is 2.48. The third kappa shape index (κ3) is 1.69. The van der Waals surface area contributed by atoms with E-state index in [0.29, 0.717) is 19.5 Å². The predicted octanol–water partition coefficient (Wildman–Crippen LogP) is 0.575. The lowest BCUT2D eigenvalue weighted by Gasteiger charge is -2.27. The second-order valence-electron chi connectivity index (χ2n) is 2.85. The fourth-order valence-electron chi connectivity index (χ4n) is 1.19. The van der Waals surface area contributed by atoms with E-state index in [1.807, 2.05) is 0 Å². The highest BCUT2D eigenvalue weighted by molar-refractivity contribution is 5.83. The first-order valence-electron chi connectivity index (χ1n) is 3.62. The third-order valence-electron chi connectivity index (χ3n) is 1.94. The molecule has 0 radical (unpaired) electrons. The van der Waals surface area contributed by atoms with Crippen molar-refractivity contribution >= 4 is 11.9 Å². The molecule has 1 heterocycles. The van der Waals surface area contributed by atoms with Crippen molar-refractivity contribution < 1.29 is 14.7 Å². The summed E-state index contributed by atoms with van der Waals surface area (Å²) in [5.74, 6) is 0.0438. The number of ketones is 1. The summed E-state index contributed by atoms with van der Waals surface area (Å²) < 4.78 is 0. The second kappa shape index (κ2) is 2.90. The zero-order chi connectivity index (χ0) is 8.43. The molecular formula is C7H11NO3. The van der Waals surface area contributed by atoms with Gasteiger partial charge in [0.05, 0.1) is 0 Å². The first-order valence-corrected chi connectivity index (χ1v) is 3.62. The Labute approximate surface area is 64.8 Å². The minimum atomic E-state index is -0.927. The monoisotopic (exact) mass is 157 g/mol. The summed E-state index contributed by atoms with van der Waals surface area (Å²) in [5, 5.41) is 8.56. The van der Waals surface area contributed by atoms with E-state index in [-0.39, 0.29) is 11.7 Å². The molecule has 0 saturated carbocycles. The number of rotatable bonds is 0. The zero-order valence-corrected chi connectivity index (χ0v) is 6.41. The van der Waals surface area contributed by atoms with Crippen LogP contribution in [0.5, 0.6) is 0 Å². The normalized spacial score (nSPS) is 25.4. The van der Waals surface area contributed by atoms with Crippen LogP contribution in [0.1, 0.15) is 13.3 Å². The van der Waals surface area contributed by atoms with E-state index in [1.165, 1.54) is 4.90 Å². The molecule has 1 amide bonds. The average Bonchev–Trinajstić information content (AvgIpc) is 1.94. The summed E-state index contributed by atoms with van der Waals surface area (Å²) in [4.78, 5) is 22.6. The van der Waals surface area contributed by atoms with Crippen LogP contribution in [0.25, 0.3) is 0 Å². The second-order valence-corrected chi connectivity index (χ2v) is 2.85. The molecule has 1 fully saturated rings. The number of amides is 1. The minimum Gasteiger partial charge on any atom is -0.465 e. The topological polar surface area (TPSA) is 57.6 Å². The van der Waals surface area contributed by atoms with Crippen LogP contribution in [0.4, 0.5) is 4.79 Å². The standard InChI is InChI=1S/C7H11NO3/c1-5-4-8(7(10)11)3-2-6(5)9/h5H,2-4H2,1H3,(H,10,11)/t5-/m1/s1. The van der Waals surface area contributed by atoms with Gasteiger partial charge in [-0.25, -0.2) is 4.79 Å². The number of hydrogen-bond donors (Lipinski definition) is 1. The van der Waals surface area contributed by atoms with Gasteiger partial charge < -0.3 is 10.0 Å². The molecule has 0 aromatic heterocycles. The van der Waals surface area contributed by atoms with Crippen LogP contribution in [0.15, 0.2) is 0 Å². The Balaban J connectivity index is 2.52. The average molecular weight is 157 g/mol. The Morgan fingerprint density at radius 3 is 2.82 bits per heavy atom. The summed E-state index contributed by atoms with van der Waals surface area (Å²) >= 11 is 0. The number of likely N-dealkylation sites (tertiary alicyclic amines) is 1. The first-order chi connectivity index (χ1) is 5.11. The Kier molecular flexibility index (Phi) is 2.12. The molecule has 0 aliphatic carbocycles. The Hall–Kier alpha value is -1.06. The van der Waals surface area contributed by atoms with Crippen LogP contribution in [0.2, 0.25) is 0 Å². The summed E-state index contributed by atoms with van der Waals surface area (Å²) in [6.07, 6.45) is -0.558. The van der Waals surface area contributed by atoms with Gasteiger partial charge in [-0.2, -0.15) is 0 Å². The van der Waals surface area contributed by atoms with E-state index in [1.54, 1.807) is 6.92 Å². The molecule has 4 heteroatoms. The molecule has 0 aromatic rings. The number of nitrogens with zero attached hydrogens (tertiary/aromatic N) is 1. The van der Waals surface area contributed by atoms with Gasteiger partial charge in [-0.05, 0) is 0 Å². The molecule has 0 aromatic carbocycles. The van der Waals surface area contributed by atoms with Crippen LogP contribution >= 0.6 is 0 Å². The van der Waals surface area contributed by atoms with E-state index in [0.717, 1.165) is 0 Å². The fourth-order valence-corrected chi connectivity index (χ4v) is 1.19. The van der Waals surface area contributed by atoms with Crippen molar-refractivity contribution in [2.24, 2.45) is 5.92 Å². The van der Waals surface area contributed by atoms with Crippen molar-refractivity contribution in [2.75, 3.05) is 13.1 Å². The number of carboxylic acid groups (broad SMARTS) is 1. The molecule has 1 atom stereocenters. The van der Waals surface area contributed by atoms with Gasteiger partial charge in [-0.3, -0.25) is 4.79 Å². The van der Waals surface area contributed by atoms with Crippen LogP contribution < -0.4 is 0 Å². The van der Waals surface area contributed by atoms with Gasteiger partial charge in [0.1, 0.15) is 5.78 Å². The SMILES string of the molecule is C[C@@H]1CN(C(=O)O)CCC1=O. The van der Waals surface area contributed by atoms with Crippen molar-refractivity contribution in [3.05, 3.63) is 0 Å². The molecule has 1 aliphatic rings. The number of carbonyl (C=O) groups excluding carboxylic acids is 1. The quantitative estimate of drug-likeness (QED) is 0.559. The van der Waals surface area contributed by atoms with Crippen molar-refractivity contribution in [3.8, 4) is 0 Å². The van der Waals surface area contributed by atoms with Gasteiger partial charge >= 0.3 is 6.09 Å². The van der Waals surface area contributed by atoms with Gasteiger partial charge in [0.15, 0.2) is 0 Å². The molecule has 1 saturated heterocycles. The highest BCUT2D eigenvalue weighted by atomic mass is 16.4. The molecule has 11 heavy (non-hydrogen) atoms. The lowest BCUT2D eigenvalue weighted by Crippen LogP contribution is -2.42. The summed E-state index contributed by atoms with van der Waals surface area (Å²) in [7, 11) is 0. The van der Waals surface area contributed by atoms with Crippen molar-refractivity contribution in [1.82, 2.24) is 4.90 Å². The number of piperidine rings is 1. The maximum absolute atomic E-state index is 10.9. The van der Waals surface area contributed by atoms with Gasteiger partial charge in [-0.1, -0.05) is 6.92 Å². The molecular weight excluding hydrogens is 146 g/mol. The van der Waals surface area contributed by atoms with Crippen LogP contribution in [0, 0.1) is 5.92 Å². The molecule has 1 N–H and O–H groups in total. The van der Waals surface area contributed by atoms with E-state index in [2.05, 4.69) is 0 Å². The molecule has 0 unspecified atom stereocenters. The molecule has 0 spiro atoms. The van der Waals surface area contributed by atoms with Gasteiger partial charge in [0, 0.05) is 25.4 Å². The fraction of sp³-hybridized carbons (Fsp3) is 0.714. The number of hydrogen-bond acceptors (Lipinski definition) is 2. The highest BCUT2D eigenvalue weighted by Crippen LogP contribution is 2.11. The van der Waals surface area contributed by atoms with Crippen molar-refractivity contribution in [2.45, 2.75) is 13.3 Å². The number of carbonyl (C=O) groups is 2. The van der Waals surface area contributed by atoms with Gasteiger partial charge in [0.2, 0.25) is 0 Å². The zero-order valence-electron chi connectivity index (χ0n) is 6.41. The van der Waals surface area contributed by atoms with E-state index in [9.17, 15) is 9.59 Å². The molecule has 4 nitrogen and oxygen atoms in total. The maximum atomic E-state index is 10.9. The van der Waals surface area contributed by atoms with Crippen LogP contribution in [-0.4, -0.2) is 35.0 Å². The van der Waals surface area contributed by atoms with Crippen molar-refractivity contribution in [3.63, 3.8) is 0 Å². The van der Waals surface area contributed by atoms with Crippen molar-refractivity contribution in [1.29, 1.82) is 0 Å². The Bertz CT molecular complexity index is 190. The summed E-state index contributed by atoms with van der Waals surface area (Å²) in [5.41, 5.74) is 0. The minimum absolute atomic E-state index is 0.125. The Morgan fingerprint density at radius 1 is 1.73 bits per heavy atom. The van der Waals surface area contributed by atoms with E-state index < -0.39 is 6.09 Å². The molecule has 1 aliphatic heterocycles. The maximum Gasteiger partial charge on any atom is 0.407 e. The lowest BCUT2D eigenvalue weighted by molar-refractivity contribution is -0.125.